The molecule has 0 aromatic heterocycles. The van der Waals surface area contributed by atoms with Crippen molar-refractivity contribution in [1.82, 2.24) is 10.6 Å². The zero-order valence-corrected chi connectivity index (χ0v) is 16.7. The van der Waals surface area contributed by atoms with Crippen LogP contribution in [0.25, 0.3) is 0 Å². The number of methoxy groups -OCH3 is 2. The van der Waals surface area contributed by atoms with Gasteiger partial charge in [-0.2, -0.15) is 0 Å². The van der Waals surface area contributed by atoms with Crippen LogP contribution in [0.3, 0.4) is 0 Å². The van der Waals surface area contributed by atoms with Gasteiger partial charge in [0, 0.05) is 20.1 Å². The number of rotatable bonds is 7. The molecule has 0 fully saturated rings. The zero-order chi connectivity index (χ0) is 18.9. The van der Waals surface area contributed by atoms with Crippen molar-refractivity contribution in [3.8, 4) is 11.5 Å². The van der Waals surface area contributed by atoms with E-state index in [1.54, 1.807) is 33.4 Å². The van der Waals surface area contributed by atoms with Crippen LogP contribution in [0.1, 0.15) is 11.1 Å². The number of halogens is 2. The lowest BCUT2D eigenvalue weighted by Crippen LogP contribution is -2.37. The fourth-order valence-corrected chi connectivity index (χ4v) is 3.15. The summed E-state index contributed by atoms with van der Waals surface area (Å²) in [5.41, 5.74) is 1.69. The van der Waals surface area contributed by atoms with Gasteiger partial charge in [-0.1, -0.05) is 18.2 Å². The van der Waals surface area contributed by atoms with Gasteiger partial charge in [-0.05, 0) is 51.7 Å². The Bertz CT molecular complexity index is 768. The number of hydrogen-bond donors (Lipinski definition) is 2. The SMILES string of the molecule is CN=C(NCCc1ccccc1F)NCc1cc(Br)c(OC)c(OC)c1. The predicted molar refractivity (Wildman–Crippen MR) is 106 cm³/mol. The lowest BCUT2D eigenvalue weighted by atomic mass is 10.1. The molecule has 7 heteroatoms. The Hall–Kier alpha value is -2.28. The Balaban J connectivity index is 1.91. The van der Waals surface area contributed by atoms with E-state index in [0.29, 0.717) is 42.5 Å². The molecule has 2 aromatic rings. The number of ether oxygens (including phenoxy) is 2. The molecular formula is C19H23BrFN3O2. The standard InChI is InChI=1S/C19H23BrFN3O2/c1-22-19(23-9-8-14-6-4-5-7-16(14)21)24-12-13-10-15(20)18(26-3)17(11-13)25-2/h4-7,10-11H,8-9,12H2,1-3H3,(H2,22,23,24). The third-order valence-corrected chi connectivity index (χ3v) is 4.41. The quantitative estimate of drug-likeness (QED) is 0.528. The molecule has 0 spiro atoms. The molecule has 2 rings (SSSR count). The summed E-state index contributed by atoms with van der Waals surface area (Å²) >= 11 is 3.48. The summed E-state index contributed by atoms with van der Waals surface area (Å²) in [5.74, 6) is 1.77. The molecule has 2 N–H and O–H groups in total. The van der Waals surface area contributed by atoms with Gasteiger partial charge >= 0.3 is 0 Å². The summed E-state index contributed by atoms with van der Waals surface area (Å²) in [6.07, 6.45) is 0.579. The van der Waals surface area contributed by atoms with Crippen LogP contribution in [0.15, 0.2) is 45.9 Å². The Morgan fingerprint density at radius 3 is 2.58 bits per heavy atom. The van der Waals surface area contributed by atoms with Crippen LogP contribution in [0, 0.1) is 5.82 Å². The van der Waals surface area contributed by atoms with Crippen molar-refractivity contribution >= 4 is 21.9 Å². The fraction of sp³-hybridized carbons (Fsp3) is 0.316. The first-order chi connectivity index (χ1) is 12.6. The maximum Gasteiger partial charge on any atom is 0.191 e. The second-order valence-corrected chi connectivity index (χ2v) is 6.36. The highest BCUT2D eigenvalue weighted by Crippen LogP contribution is 2.36. The number of nitrogens with one attached hydrogen (secondary N) is 2. The third-order valence-electron chi connectivity index (χ3n) is 3.82. The van der Waals surface area contributed by atoms with E-state index in [-0.39, 0.29) is 5.82 Å². The first-order valence-electron chi connectivity index (χ1n) is 8.17. The van der Waals surface area contributed by atoms with E-state index < -0.39 is 0 Å². The predicted octanol–water partition coefficient (Wildman–Crippen LogP) is 3.51. The third kappa shape index (κ3) is 5.36. The summed E-state index contributed by atoms with van der Waals surface area (Å²) in [7, 11) is 4.90. The minimum Gasteiger partial charge on any atom is -0.493 e. The maximum absolute atomic E-state index is 13.6. The lowest BCUT2D eigenvalue weighted by Gasteiger charge is -2.15. The molecule has 0 aliphatic rings. The molecule has 0 aliphatic carbocycles. The van der Waals surface area contributed by atoms with Crippen LogP contribution >= 0.6 is 15.9 Å². The van der Waals surface area contributed by atoms with Crippen LogP contribution in [0.4, 0.5) is 4.39 Å². The van der Waals surface area contributed by atoms with Gasteiger partial charge in [0.1, 0.15) is 5.82 Å². The largest absolute Gasteiger partial charge is 0.493 e. The lowest BCUT2D eigenvalue weighted by molar-refractivity contribution is 0.352. The highest BCUT2D eigenvalue weighted by molar-refractivity contribution is 9.10. The van der Waals surface area contributed by atoms with E-state index in [1.165, 1.54) is 6.07 Å². The summed E-state index contributed by atoms with van der Waals surface area (Å²) in [5, 5.41) is 6.42. The molecule has 0 aliphatic heterocycles. The van der Waals surface area contributed by atoms with Gasteiger partial charge in [0.25, 0.3) is 0 Å². The fourth-order valence-electron chi connectivity index (χ4n) is 2.50. The minimum atomic E-state index is -0.188. The Morgan fingerprint density at radius 1 is 1.15 bits per heavy atom. The molecule has 2 aromatic carbocycles. The topological polar surface area (TPSA) is 54.9 Å². The maximum atomic E-state index is 13.6. The van der Waals surface area contributed by atoms with Gasteiger partial charge < -0.3 is 20.1 Å². The molecule has 0 amide bonds. The van der Waals surface area contributed by atoms with Crippen LogP contribution in [-0.2, 0) is 13.0 Å². The molecular weight excluding hydrogens is 401 g/mol. The summed E-state index contributed by atoms with van der Waals surface area (Å²) in [6, 6.07) is 10.6. The average molecular weight is 424 g/mol. The second kappa shape index (κ2) is 10.0. The van der Waals surface area contributed by atoms with Gasteiger partial charge in [0.05, 0.1) is 18.7 Å². The first-order valence-corrected chi connectivity index (χ1v) is 8.96. The van der Waals surface area contributed by atoms with E-state index in [9.17, 15) is 4.39 Å². The Labute approximate surface area is 161 Å². The van der Waals surface area contributed by atoms with Crippen molar-refractivity contribution in [2.75, 3.05) is 27.8 Å². The molecule has 0 bridgehead atoms. The second-order valence-electron chi connectivity index (χ2n) is 5.51. The minimum absolute atomic E-state index is 0.188. The van der Waals surface area contributed by atoms with Gasteiger partial charge in [-0.15, -0.1) is 0 Å². The van der Waals surface area contributed by atoms with Crippen molar-refractivity contribution in [3.63, 3.8) is 0 Å². The highest BCUT2D eigenvalue weighted by atomic mass is 79.9. The van der Waals surface area contributed by atoms with E-state index in [2.05, 4.69) is 31.6 Å². The molecule has 0 radical (unpaired) electrons. The number of nitrogens with zero attached hydrogens (tertiary/aromatic N) is 1. The van der Waals surface area contributed by atoms with Crippen LogP contribution in [0.2, 0.25) is 0 Å². The Kier molecular flexibility index (Phi) is 7.72. The smallest absolute Gasteiger partial charge is 0.191 e. The molecule has 5 nitrogen and oxygen atoms in total. The van der Waals surface area contributed by atoms with E-state index in [4.69, 9.17) is 9.47 Å². The van der Waals surface area contributed by atoms with Crippen LogP contribution in [-0.4, -0.2) is 33.8 Å². The van der Waals surface area contributed by atoms with Gasteiger partial charge in [0.15, 0.2) is 17.5 Å². The molecule has 26 heavy (non-hydrogen) atoms. The van der Waals surface area contributed by atoms with Crippen molar-refractivity contribution < 1.29 is 13.9 Å². The zero-order valence-electron chi connectivity index (χ0n) is 15.1. The van der Waals surface area contributed by atoms with Crippen molar-refractivity contribution in [1.29, 1.82) is 0 Å². The number of hydrogen-bond acceptors (Lipinski definition) is 3. The van der Waals surface area contributed by atoms with Crippen molar-refractivity contribution in [2.45, 2.75) is 13.0 Å². The van der Waals surface area contributed by atoms with E-state index in [1.807, 2.05) is 18.2 Å². The number of benzene rings is 2. The summed E-state index contributed by atoms with van der Waals surface area (Å²) in [4.78, 5) is 4.19. The molecule has 0 unspecified atom stereocenters. The molecule has 0 heterocycles. The normalized spacial score (nSPS) is 11.2. The average Bonchev–Trinajstić information content (AvgIpc) is 2.65. The summed E-state index contributed by atoms with van der Waals surface area (Å²) in [6.45, 7) is 1.13. The van der Waals surface area contributed by atoms with Crippen LogP contribution < -0.4 is 20.1 Å². The van der Waals surface area contributed by atoms with Crippen molar-refractivity contribution in [3.05, 3.63) is 57.8 Å². The van der Waals surface area contributed by atoms with Crippen LogP contribution in [0.5, 0.6) is 11.5 Å². The number of aliphatic imine (C=N–C) groups is 1. The van der Waals surface area contributed by atoms with Gasteiger partial charge in [0.2, 0.25) is 0 Å². The Morgan fingerprint density at radius 2 is 1.92 bits per heavy atom. The van der Waals surface area contributed by atoms with E-state index >= 15 is 0 Å². The van der Waals surface area contributed by atoms with Crippen molar-refractivity contribution in [2.24, 2.45) is 4.99 Å². The number of guanidine groups is 1. The monoisotopic (exact) mass is 423 g/mol. The molecule has 140 valence electrons. The summed E-state index contributed by atoms with van der Waals surface area (Å²) < 4.78 is 25.1. The molecule has 0 atom stereocenters. The van der Waals surface area contributed by atoms with Gasteiger partial charge in [-0.3, -0.25) is 4.99 Å². The highest BCUT2D eigenvalue weighted by Gasteiger charge is 2.11. The molecule has 0 saturated heterocycles. The van der Waals surface area contributed by atoms with E-state index in [0.717, 1.165) is 10.0 Å². The first kappa shape index (κ1) is 20.0. The molecule has 0 saturated carbocycles. The van der Waals surface area contributed by atoms with Gasteiger partial charge in [-0.25, -0.2) is 4.39 Å².